The molecule has 0 bridgehead atoms. The van der Waals surface area contributed by atoms with E-state index in [1.54, 1.807) is 40.9 Å². The average molecular weight is 482 g/mol. The minimum absolute atomic E-state index is 0.229. The largest absolute Gasteiger partial charge is 0.331 e. The third-order valence-corrected chi connectivity index (χ3v) is 8.37. The molecular formula is C25H27N3O3S2. The number of carbonyl (C=O) groups excluding carboxylic acids is 1. The van der Waals surface area contributed by atoms with E-state index < -0.39 is 10.0 Å². The van der Waals surface area contributed by atoms with Gasteiger partial charge in [-0.15, -0.1) is 0 Å². The fraction of sp³-hybridized carbons (Fsp3) is 0.240. The molecule has 3 aromatic rings. The Bertz CT molecular complexity index is 1190. The van der Waals surface area contributed by atoms with Gasteiger partial charge in [-0.05, 0) is 61.4 Å². The van der Waals surface area contributed by atoms with Crippen LogP contribution in [0.25, 0.3) is 0 Å². The highest BCUT2D eigenvalue weighted by Gasteiger charge is 2.28. The van der Waals surface area contributed by atoms with Crippen molar-refractivity contribution in [2.45, 2.75) is 41.4 Å². The molecule has 4 rings (SSSR count). The maximum Gasteiger partial charge on any atom is 0.331 e. The highest BCUT2D eigenvalue weighted by Crippen LogP contribution is 2.48. The van der Waals surface area contributed by atoms with Crippen molar-refractivity contribution in [2.24, 2.45) is 0 Å². The summed E-state index contributed by atoms with van der Waals surface area (Å²) in [7, 11) is -3.56. The van der Waals surface area contributed by atoms with E-state index in [1.165, 1.54) is 4.31 Å². The smallest absolute Gasteiger partial charge is 0.307 e. The molecule has 0 atom stereocenters. The minimum Gasteiger partial charge on any atom is -0.307 e. The first kappa shape index (κ1) is 23.4. The van der Waals surface area contributed by atoms with Gasteiger partial charge in [-0.25, -0.2) is 13.2 Å². The van der Waals surface area contributed by atoms with Gasteiger partial charge in [0.25, 0.3) is 0 Å². The van der Waals surface area contributed by atoms with Crippen LogP contribution in [0.4, 0.5) is 21.9 Å². The number of rotatable bonds is 7. The van der Waals surface area contributed by atoms with Crippen LogP contribution in [0.1, 0.15) is 26.7 Å². The summed E-state index contributed by atoms with van der Waals surface area (Å²) in [6.07, 6.45) is 1.51. The third kappa shape index (κ3) is 4.78. The topological polar surface area (TPSA) is 69.7 Å². The predicted octanol–water partition coefficient (Wildman–Crippen LogP) is 6.33. The fourth-order valence-corrected chi connectivity index (χ4v) is 6.50. The number of nitrogens with zero attached hydrogens (tertiary/aromatic N) is 2. The Morgan fingerprint density at radius 2 is 1.36 bits per heavy atom. The summed E-state index contributed by atoms with van der Waals surface area (Å²) < 4.78 is 27.5. The Labute approximate surface area is 199 Å². The number of hydrogen-bond donors (Lipinski definition) is 1. The second kappa shape index (κ2) is 9.99. The number of urea groups is 1. The summed E-state index contributed by atoms with van der Waals surface area (Å²) >= 11 is 1.63. The van der Waals surface area contributed by atoms with Gasteiger partial charge in [0.15, 0.2) is 0 Å². The van der Waals surface area contributed by atoms with Crippen molar-refractivity contribution in [3.05, 3.63) is 72.8 Å². The third-order valence-electron chi connectivity index (χ3n) is 5.32. The molecule has 0 aliphatic carbocycles. The molecule has 1 N–H and O–H groups in total. The number of nitrogens with one attached hydrogen (secondary N) is 1. The van der Waals surface area contributed by atoms with Crippen LogP contribution in [-0.2, 0) is 10.0 Å². The quantitative estimate of drug-likeness (QED) is 0.428. The molecule has 0 aromatic heterocycles. The molecule has 0 spiro atoms. The van der Waals surface area contributed by atoms with Crippen molar-refractivity contribution in [1.29, 1.82) is 0 Å². The van der Waals surface area contributed by atoms with Gasteiger partial charge in [-0.3, -0.25) is 4.90 Å². The number of anilines is 3. The normalized spacial score (nSPS) is 12.9. The zero-order chi connectivity index (χ0) is 23.4. The summed E-state index contributed by atoms with van der Waals surface area (Å²) in [6, 6.07) is 21.6. The Balaban J connectivity index is 1.58. The molecule has 172 valence electrons. The van der Waals surface area contributed by atoms with Crippen molar-refractivity contribution in [1.82, 2.24) is 4.31 Å². The summed E-state index contributed by atoms with van der Waals surface area (Å²) in [5.74, 6) is 0. The molecule has 8 heteroatoms. The molecule has 3 aromatic carbocycles. The van der Waals surface area contributed by atoms with Gasteiger partial charge in [0.1, 0.15) is 0 Å². The van der Waals surface area contributed by atoms with Crippen molar-refractivity contribution in [2.75, 3.05) is 23.3 Å². The number of carbonyl (C=O) groups is 1. The molecule has 6 nitrogen and oxygen atoms in total. The van der Waals surface area contributed by atoms with Crippen molar-refractivity contribution < 1.29 is 13.2 Å². The molecule has 1 aliphatic rings. The molecular weight excluding hydrogens is 454 g/mol. The lowest BCUT2D eigenvalue weighted by molar-refractivity contribution is 0.259. The minimum atomic E-state index is -3.56. The Morgan fingerprint density at radius 3 is 1.88 bits per heavy atom. The van der Waals surface area contributed by atoms with Crippen molar-refractivity contribution in [3.8, 4) is 0 Å². The highest BCUT2D eigenvalue weighted by atomic mass is 32.2. The summed E-state index contributed by atoms with van der Waals surface area (Å²) in [5.41, 5.74) is 2.16. The van der Waals surface area contributed by atoms with Crippen LogP contribution in [-0.4, -0.2) is 31.8 Å². The average Bonchev–Trinajstić information content (AvgIpc) is 2.82. The molecule has 0 radical (unpaired) electrons. The molecule has 0 saturated heterocycles. The molecule has 0 fully saturated rings. The van der Waals surface area contributed by atoms with E-state index in [-0.39, 0.29) is 10.9 Å². The molecule has 1 heterocycles. The van der Waals surface area contributed by atoms with Gasteiger partial charge in [0.05, 0.1) is 16.3 Å². The summed E-state index contributed by atoms with van der Waals surface area (Å²) in [6.45, 7) is 4.90. The molecule has 2 amide bonds. The van der Waals surface area contributed by atoms with Gasteiger partial charge in [0, 0.05) is 28.6 Å². The van der Waals surface area contributed by atoms with E-state index in [0.717, 1.165) is 34.0 Å². The molecule has 0 saturated carbocycles. The van der Waals surface area contributed by atoms with E-state index in [9.17, 15) is 13.2 Å². The van der Waals surface area contributed by atoms with Crippen LogP contribution < -0.4 is 10.2 Å². The molecule has 0 unspecified atom stereocenters. The van der Waals surface area contributed by atoms with Crippen LogP contribution in [0.15, 0.2) is 87.5 Å². The second-order valence-corrected chi connectivity index (χ2v) is 10.8. The van der Waals surface area contributed by atoms with E-state index in [2.05, 4.69) is 5.32 Å². The van der Waals surface area contributed by atoms with Crippen LogP contribution in [0.2, 0.25) is 0 Å². The van der Waals surface area contributed by atoms with Gasteiger partial charge in [0.2, 0.25) is 10.0 Å². The zero-order valence-corrected chi connectivity index (χ0v) is 20.3. The molecule has 33 heavy (non-hydrogen) atoms. The van der Waals surface area contributed by atoms with Crippen molar-refractivity contribution >= 4 is 44.9 Å². The lowest BCUT2D eigenvalue weighted by atomic mass is 10.2. The second-order valence-electron chi connectivity index (χ2n) is 7.73. The van der Waals surface area contributed by atoms with Crippen molar-refractivity contribution in [3.63, 3.8) is 0 Å². The maximum absolute atomic E-state index is 13.3. The fourth-order valence-electron chi connectivity index (χ4n) is 3.81. The number of amides is 2. The Kier molecular flexibility index (Phi) is 7.07. The van der Waals surface area contributed by atoms with Gasteiger partial charge < -0.3 is 5.32 Å². The van der Waals surface area contributed by atoms with Crippen LogP contribution >= 0.6 is 11.8 Å². The monoisotopic (exact) mass is 481 g/mol. The van der Waals surface area contributed by atoms with Crippen LogP contribution in [0, 0.1) is 0 Å². The number of hydrogen-bond acceptors (Lipinski definition) is 4. The number of para-hydroxylation sites is 2. The summed E-state index contributed by atoms with van der Waals surface area (Å²) in [5, 5.41) is 2.92. The predicted molar refractivity (Wildman–Crippen MR) is 134 cm³/mol. The standard InChI is InChI=1S/C25H27N3O3S2/c1-3-17-27(18-4-2)33(30,31)20-15-13-19(14-16-20)26-25(29)28-21-9-5-7-11-23(21)32-24-12-8-6-10-22(24)28/h5-16H,3-4,17-18H2,1-2H3,(H,26,29). The Morgan fingerprint density at radius 1 is 0.848 bits per heavy atom. The van der Waals surface area contributed by atoms with Crippen LogP contribution in [0.3, 0.4) is 0 Å². The maximum atomic E-state index is 13.3. The first-order chi connectivity index (χ1) is 16.0. The van der Waals surface area contributed by atoms with Crippen LogP contribution in [0.5, 0.6) is 0 Å². The highest BCUT2D eigenvalue weighted by molar-refractivity contribution is 7.99. The summed E-state index contributed by atoms with van der Waals surface area (Å²) in [4.78, 5) is 17.2. The SMILES string of the molecule is CCCN(CCC)S(=O)(=O)c1ccc(NC(=O)N2c3ccccc3Sc3ccccc32)cc1. The lowest BCUT2D eigenvalue weighted by Crippen LogP contribution is -2.33. The number of fused-ring (bicyclic) bond motifs is 2. The first-order valence-electron chi connectivity index (χ1n) is 11.0. The van der Waals surface area contributed by atoms with E-state index in [0.29, 0.717) is 18.8 Å². The zero-order valence-electron chi connectivity index (χ0n) is 18.7. The lowest BCUT2D eigenvalue weighted by Gasteiger charge is -2.31. The Hall–Kier alpha value is -2.81. The van der Waals surface area contributed by atoms with E-state index in [1.807, 2.05) is 62.4 Å². The van der Waals surface area contributed by atoms with Gasteiger partial charge in [-0.1, -0.05) is 49.9 Å². The van der Waals surface area contributed by atoms with E-state index >= 15 is 0 Å². The first-order valence-corrected chi connectivity index (χ1v) is 13.3. The number of sulfonamides is 1. The molecule has 1 aliphatic heterocycles. The van der Waals surface area contributed by atoms with Gasteiger partial charge >= 0.3 is 6.03 Å². The van der Waals surface area contributed by atoms with E-state index in [4.69, 9.17) is 0 Å². The number of benzene rings is 3. The van der Waals surface area contributed by atoms with Gasteiger partial charge in [-0.2, -0.15) is 4.31 Å².